The molecule has 0 unspecified atom stereocenters. The van der Waals surface area contributed by atoms with Gasteiger partial charge in [0, 0.05) is 31.3 Å². The number of imidazole rings is 1. The number of hydrogen-bond donors (Lipinski definition) is 1. The molecule has 3 aromatic carbocycles. The van der Waals surface area contributed by atoms with E-state index in [0.717, 1.165) is 28.2 Å². The van der Waals surface area contributed by atoms with Gasteiger partial charge in [-0.1, -0.05) is 78.9 Å². The fourth-order valence-corrected chi connectivity index (χ4v) is 3.78. The predicted molar refractivity (Wildman–Crippen MR) is 119 cm³/mol. The third-order valence-electron chi connectivity index (χ3n) is 5.35. The van der Waals surface area contributed by atoms with E-state index in [1.807, 2.05) is 78.4 Å². The Bertz CT molecular complexity index is 1060. The quantitative estimate of drug-likeness (QED) is 0.478. The zero-order valence-electron chi connectivity index (χ0n) is 17.0. The number of nitrogens with zero attached hydrogens (tertiary/aromatic N) is 2. The lowest BCUT2D eigenvalue weighted by atomic mass is 9.88. The Labute approximate surface area is 177 Å². The molecule has 0 atom stereocenters. The molecular weight excluding hydrogens is 370 g/mol. The number of rotatable bonds is 7. The van der Waals surface area contributed by atoms with Gasteiger partial charge in [0.25, 0.3) is 0 Å². The number of benzene rings is 3. The fourth-order valence-electron chi connectivity index (χ4n) is 3.78. The predicted octanol–water partition coefficient (Wildman–Crippen LogP) is 5.02. The van der Waals surface area contributed by atoms with Gasteiger partial charge in [-0.25, -0.2) is 4.98 Å². The van der Waals surface area contributed by atoms with E-state index in [2.05, 4.69) is 34.6 Å². The maximum absolute atomic E-state index is 12.9. The summed E-state index contributed by atoms with van der Waals surface area (Å²) in [5, 5.41) is 3.12. The van der Waals surface area contributed by atoms with Crippen LogP contribution in [0.1, 0.15) is 34.9 Å². The Balaban J connectivity index is 1.50. The van der Waals surface area contributed by atoms with Gasteiger partial charge in [0.1, 0.15) is 5.82 Å². The van der Waals surface area contributed by atoms with Crippen molar-refractivity contribution in [2.45, 2.75) is 25.8 Å². The number of hydrogen-bond acceptors (Lipinski definition) is 2. The van der Waals surface area contributed by atoms with Crippen LogP contribution in [-0.2, 0) is 11.3 Å². The van der Waals surface area contributed by atoms with Crippen LogP contribution in [0.4, 0.5) is 0 Å². The number of carbonyl (C=O) groups excluding carboxylic acids is 1. The first kappa shape index (κ1) is 19.6. The highest BCUT2D eigenvalue weighted by Crippen LogP contribution is 2.28. The van der Waals surface area contributed by atoms with Crippen LogP contribution in [0.25, 0.3) is 5.69 Å². The van der Waals surface area contributed by atoms with Crippen molar-refractivity contribution in [2.75, 3.05) is 0 Å². The molecule has 0 saturated carbocycles. The molecule has 0 spiro atoms. The van der Waals surface area contributed by atoms with Crippen LogP contribution in [0.5, 0.6) is 0 Å². The van der Waals surface area contributed by atoms with E-state index in [1.165, 1.54) is 0 Å². The highest BCUT2D eigenvalue weighted by atomic mass is 16.1. The molecule has 0 aliphatic rings. The van der Waals surface area contributed by atoms with Crippen molar-refractivity contribution in [1.29, 1.82) is 0 Å². The van der Waals surface area contributed by atoms with E-state index in [1.54, 1.807) is 6.20 Å². The van der Waals surface area contributed by atoms with Gasteiger partial charge < -0.3 is 9.88 Å². The van der Waals surface area contributed by atoms with Crippen molar-refractivity contribution < 1.29 is 4.79 Å². The van der Waals surface area contributed by atoms with Gasteiger partial charge in [0.15, 0.2) is 0 Å². The minimum Gasteiger partial charge on any atom is -0.352 e. The van der Waals surface area contributed by atoms with Crippen molar-refractivity contribution in [3.63, 3.8) is 0 Å². The minimum atomic E-state index is 0.0264. The van der Waals surface area contributed by atoms with Crippen LogP contribution in [0.3, 0.4) is 0 Å². The standard InChI is InChI=1S/C26H25N3O/c1-20-27-16-17-29(20)25-15-9-8-14-23(25)19-28-26(30)18-24(21-10-4-2-5-11-21)22-12-6-3-7-13-22/h2-17,24H,18-19H2,1H3,(H,28,30). The normalized spacial score (nSPS) is 10.9. The van der Waals surface area contributed by atoms with Crippen LogP contribution in [0.2, 0.25) is 0 Å². The molecule has 1 heterocycles. The highest BCUT2D eigenvalue weighted by Gasteiger charge is 2.18. The van der Waals surface area contributed by atoms with Gasteiger partial charge in [-0.15, -0.1) is 0 Å². The van der Waals surface area contributed by atoms with Crippen molar-refractivity contribution in [3.8, 4) is 5.69 Å². The van der Waals surface area contributed by atoms with Crippen LogP contribution in [0.15, 0.2) is 97.3 Å². The van der Waals surface area contributed by atoms with Gasteiger partial charge in [-0.3, -0.25) is 4.79 Å². The maximum Gasteiger partial charge on any atom is 0.221 e. The Hall–Kier alpha value is -3.66. The minimum absolute atomic E-state index is 0.0264. The van der Waals surface area contributed by atoms with Crippen molar-refractivity contribution in [2.24, 2.45) is 0 Å². The third-order valence-corrected chi connectivity index (χ3v) is 5.35. The highest BCUT2D eigenvalue weighted by molar-refractivity contribution is 5.77. The molecule has 30 heavy (non-hydrogen) atoms. The van der Waals surface area contributed by atoms with Crippen molar-refractivity contribution in [1.82, 2.24) is 14.9 Å². The number of aryl methyl sites for hydroxylation is 1. The van der Waals surface area contributed by atoms with Crippen LogP contribution >= 0.6 is 0 Å². The third kappa shape index (κ3) is 4.49. The van der Waals surface area contributed by atoms with Gasteiger partial charge in [-0.05, 0) is 29.7 Å². The van der Waals surface area contributed by atoms with E-state index in [9.17, 15) is 4.79 Å². The zero-order valence-corrected chi connectivity index (χ0v) is 17.0. The molecule has 0 fully saturated rings. The van der Waals surface area contributed by atoms with Gasteiger partial charge in [0.2, 0.25) is 5.91 Å². The number of aromatic nitrogens is 2. The first-order chi connectivity index (χ1) is 14.7. The maximum atomic E-state index is 12.9. The molecule has 1 N–H and O–H groups in total. The fraction of sp³-hybridized carbons (Fsp3) is 0.154. The van der Waals surface area contributed by atoms with E-state index in [-0.39, 0.29) is 11.8 Å². The average Bonchev–Trinajstić information content (AvgIpc) is 3.23. The summed E-state index contributed by atoms with van der Waals surface area (Å²) in [4.78, 5) is 17.2. The molecule has 4 aromatic rings. The van der Waals surface area contributed by atoms with Gasteiger partial charge in [0.05, 0.1) is 5.69 Å². The molecule has 4 rings (SSSR count). The lowest BCUT2D eigenvalue weighted by Gasteiger charge is -2.18. The topological polar surface area (TPSA) is 46.9 Å². The molecular formula is C26H25N3O. The summed E-state index contributed by atoms with van der Waals surface area (Å²) in [6, 6.07) is 28.5. The summed E-state index contributed by atoms with van der Waals surface area (Å²) in [6.45, 7) is 2.45. The summed E-state index contributed by atoms with van der Waals surface area (Å²) >= 11 is 0. The lowest BCUT2D eigenvalue weighted by Crippen LogP contribution is -2.25. The van der Waals surface area contributed by atoms with E-state index < -0.39 is 0 Å². The molecule has 150 valence electrons. The summed E-state index contributed by atoms with van der Waals surface area (Å²) in [7, 11) is 0. The van der Waals surface area contributed by atoms with Crippen LogP contribution in [0, 0.1) is 6.92 Å². The van der Waals surface area contributed by atoms with E-state index >= 15 is 0 Å². The molecule has 0 radical (unpaired) electrons. The largest absolute Gasteiger partial charge is 0.352 e. The number of amides is 1. The second-order valence-electron chi connectivity index (χ2n) is 7.33. The van der Waals surface area contributed by atoms with E-state index in [4.69, 9.17) is 0 Å². The van der Waals surface area contributed by atoms with Gasteiger partial charge in [-0.2, -0.15) is 0 Å². The first-order valence-corrected chi connectivity index (χ1v) is 10.2. The molecule has 0 aliphatic carbocycles. The number of carbonyl (C=O) groups is 1. The summed E-state index contributed by atoms with van der Waals surface area (Å²) < 4.78 is 2.04. The molecule has 1 aromatic heterocycles. The summed E-state index contributed by atoms with van der Waals surface area (Å²) in [6.07, 6.45) is 4.13. The monoisotopic (exact) mass is 395 g/mol. The lowest BCUT2D eigenvalue weighted by molar-refractivity contribution is -0.121. The first-order valence-electron chi connectivity index (χ1n) is 10.2. The van der Waals surface area contributed by atoms with Crippen molar-refractivity contribution >= 4 is 5.91 Å². The Morgan fingerprint density at radius 1 is 0.900 bits per heavy atom. The van der Waals surface area contributed by atoms with Crippen LogP contribution < -0.4 is 5.32 Å². The smallest absolute Gasteiger partial charge is 0.221 e. The zero-order chi connectivity index (χ0) is 20.8. The Kier molecular flexibility index (Phi) is 6.04. The second-order valence-corrected chi connectivity index (χ2v) is 7.33. The average molecular weight is 396 g/mol. The molecule has 4 nitrogen and oxygen atoms in total. The second kappa shape index (κ2) is 9.23. The summed E-state index contributed by atoms with van der Waals surface area (Å²) in [5.74, 6) is 0.977. The Morgan fingerprint density at radius 3 is 2.10 bits per heavy atom. The van der Waals surface area contributed by atoms with Crippen molar-refractivity contribution in [3.05, 3.63) is 120 Å². The van der Waals surface area contributed by atoms with Gasteiger partial charge >= 0.3 is 0 Å². The Morgan fingerprint density at radius 2 is 1.50 bits per heavy atom. The molecule has 0 aliphatic heterocycles. The molecule has 4 heteroatoms. The number of nitrogens with one attached hydrogen (secondary N) is 1. The molecule has 0 bridgehead atoms. The summed E-state index contributed by atoms with van der Waals surface area (Å²) in [5.41, 5.74) is 4.39. The van der Waals surface area contributed by atoms with E-state index in [0.29, 0.717) is 13.0 Å². The SMILES string of the molecule is Cc1nccn1-c1ccccc1CNC(=O)CC(c1ccccc1)c1ccccc1. The molecule has 1 amide bonds. The molecule has 0 saturated heterocycles. The van der Waals surface area contributed by atoms with Crippen LogP contribution in [-0.4, -0.2) is 15.5 Å². The number of para-hydroxylation sites is 1.